The molecule has 1 N–H and O–H groups in total. The summed E-state index contributed by atoms with van der Waals surface area (Å²) in [5.41, 5.74) is -1.89. The number of benzene rings is 1. The lowest BCUT2D eigenvalue weighted by molar-refractivity contribution is -0.112. The maximum Gasteiger partial charge on any atom is 0.278 e. The molecule has 0 aliphatic carbocycles. The van der Waals surface area contributed by atoms with Crippen molar-refractivity contribution in [2.24, 2.45) is 5.92 Å². The Morgan fingerprint density at radius 3 is 2.50 bits per heavy atom. The first-order valence-corrected chi connectivity index (χ1v) is 12.5. The van der Waals surface area contributed by atoms with Gasteiger partial charge in [0.25, 0.3) is 11.8 Å². The minimum Gasteiger partial charge on any atom is -0.487 e. The van der Waals surface area contributed by atoms with E-state index in [0.717, 1.165) is 12.7 Å². The Morgan fingerprint density at radius 1 is 1.18 bits per heavy atom. The fourth-order valence-corrected chi connectivity index (χ4v) is 4.80. The third-order valence-electron chi connectivity index (χ3n) is 7.11. The summed E-state index contributed by atoms with van der Waals surface area (Å²) < 4.78 is 48.6. The van der Waals surface area contributed by atoms with Crippen LogP contribution in [0.4, 0.5) is 13.2 Å². The van der Waals surface area contributed by atoms with E-state index in [9.17, 15) is 32.3 Å². The van der Waals surface area contributed by atoms with Crippen LogP contribution in [0.25, 0.3) is 0 Å². The van der Waals surface area contributed by atoms with Crippen molar-refractivity contribution in [3.63, 3.8) is 0 Å². The van der Waals surface area contributed by atoms with Crippen LogP contribution >= 0.6 is 0 Å². The number of fused-ring (bicyclic) bond motifs is 4. The third-order valence-corrected chi connectivity index (χ3v) is 7.11. The molecule has 3 heterocycles. The van der Waals surface area contributed by atoms with Gasteiger partial charge in [-0.3, -0.25) is 24.1 Å². The molecule has 2 amide bonds. The normalized spacial score (nSPS) is 20.6. The number of aromatic nitrogens is 1. The summed E-state index contributed by atoms with van der Waals surface area (Å²) in [6, 6.07) is 0.296. The van der Waals surface area contributed by atoms with Gasteiger partial charge in [0.1, 0.15) is 36.0 Å². The lowest BCUT2D eigenvalue weighted by Gasteiger charge is -2.42. The lowest BCUT2D eigenvalue weighted by atomic mass is 9.95. The van der Waals surface area contributed by atoms with Crippen LogP contribution in [-0.4, -0.2) is 53.0 Å². The van der Waals surface area contributed by atoms with Gasteiger partial charge in [-0.1, -0.05) is 13.3 Å². The molecule has 12 heteroatoms. The van der Waals surface area contributed by atoms with Gasteiger partial charge in [0.05, 0.1) is 6.61 Å². The van der Waals surface area contributed by atoms with Gasteiger partial charge in [0, 0.05) is 48.4 Å². The van der Waals surface area contributed by atoms with Crippen LogP contribution in [0.15, 0.2) is 23.1 Å². The van der Waals surface area contributed by atoms with Crippen molar-refractivity contribution in [3.8, 4) is 5.75 Å². The summed E-state index contributed by atoms with van der Waals surface area (Å²) in [7, 11) is 0. The SMILES string of the molecule is CCCCOc1c2n(cc(C(=O)NCc3c(F)cc(F)cc3F)c1=O)N1CN(C2=O)[C@@H](C)C(C=O)C[C@H]1C. The molecule has 9 nitrogen and oxygen atoms in total. The van der Waals surface area contributed by atoms with Crippen molar-refractivity contribution in [2.45, 2.75) is 58.7 Å². The second-order valence-electron chi connectivity index (χ2n) is 9.61. The maximum absolute atomic E-state index is 14.1. The fraction of sp³-hybridized carbons (Fsp3) is 0.462. The van der Waals surface area contributed by atoms with Gasteiger partial charge in [-0.25, -0.2) is 13.2 Å². The molecule has 204 valence electrons. The molecule has 2 aliphatic rings. The summed E-state index contributed by atoms with van der Waals surface area (Å²) in [6.07, 6.45) is 3.78. The number of hydrogen-bond acceptors (Lipinski definition) is 6. The van der Waals surface area contributed by atoms with Crippen molar-refractivity contribution in [1.82, 2.24) is 14.9 Å². The monoisotopic (exact) mass is 534 g/mol. The molecule has 1 saturated heterocycles. The average molecular weight is 535 g/mol. The Kier molecular flexibility index (Phi) is 7.79. The van der Waals surface area contributed by atoms with E-state index in [4.69, 9.17) is 4.74 Å². The molecule has 4 rings (SSSR count). The smallest absolute Gasteiger partial charge is 0.278 e. The van der Waals surface area contributed by atoms with E-state index in [1.165, 1.54) is 15.8 Å². The number of aldehydes is 1. The molecule has 1 fully saturated rings. The van der Waals surface area contributed by atoms with Crippen LogP contribution in [0.2, 0.25) is 0 Å². The third kappa shape index (κ3) is 4.86. The molecule has 38 heavy (non-hydrogen) atoms. The van der Waals surface area contributed by atoms with Crippen LogP contribution < -0.4 is 20.5 Å². The van der Waals surface area contributed by atoms with Gasteiger partial charge in [-0.15, -0.1) is 0 Å². The molecule has 2 bridgehead atoms. The van der Waals surface area contributed by atoms with E-state index >= 15 is 0 Å². The molecule has 2 aromatic rings. The summed E-state index contributed by atoms with van der Waals surface area (Å²) in [5, 5.41) is 4.06. The second-order valence-corrected chi connectivity index (χ2v) is 9.61. The Balaban J connectivity index is 1.77. The quantitative estimate of drug-likeness (QED) is 0.413. The highest BCUT2D eigenvalue weighted by Gasteiger charge is 2.43. The number of rotatable bonds is 8. The molecular formula is C26H29F3N4O5. The first kappa shape index (κ1) is 27.2. The molecule has 1 aromatic carbocycles. The first-order chi connectivity index (χ1) is 18.1. The molecule has 0 saturated carbocycles. The number of pyridine rings is 1. The molecule has 1 aromatic heterocycles. The summed E-state index contributed by atoms with van der Waals surface area (Å²) in [6.45, 7) is 5.14. The zero-order valence-electron chi connectivity index (χ0n) is 21.3. The van der Waals surface area contributed by atoms with E-state index in [0.29, 0.717) is 25.0 Å². The van der Waals surface area contributed by atoms with E-state index in [-0.39, 0.29) is 30.8 Å². The predicted octanol–water partition coefficient (Wildman–Crippen LogP) is 2.72. The highest BCUT2D eigenvalue weighted by molar-refractivity contribution is 5.99. The zero-order chi connectivity index (χ0) is 27.7. The number of carbonyl (C=O) groups is 3. The number of amides is 2. The van der Waals surface area contributed by atoms with E-state index in [1.54, 1.807) is 11.9 Å². The molecule has 1 unspecified atom stereocenters. The number of hydrogen-bond donors (Lipinski definition) is 1. The molecule has 3 atom stereocenters. The maximum atomic E-state index is 14.1. The molecule has 2 aliphatic heterocycles. The standard InChI is InChI=1S/C26H29F3N4O5/c1-4-5-6-38-24-22-26(37)31-13-33(14(2)7-16(12-34)15(31)3)32(22)11-19(23(24)35)25(36)30-10-18-20(28)8-17(27)9-21(18)29/h8-9,11-12,14-16H,4-7,10,13H2,1-3H3,(H,30,36)/t14-,15+,16?/m1/s1. The predicted molar refractivity (Wildman–Crippen MR) is 131 cm³/mol. The van der Waals surface area contributed by atoms with Crippen molar-refractivity contribution >= 4 is 18.1 Å². The Hall–Kier alpha value is -3.83. The van der Waals surface area contributed by atoms with Crippen LogP contribution in [0.1, 0.15) is 66.4 Å². The summed E-state index contributed by atoms with van der Waals surface area (Å²) in [5.74, 6) is -5.69. The summed E-state index contributed by atoms with van der Waals surface area (Å²) in [4.78, 5) is 53.4. The molecule has 0 spiro atoms. The van der Waals surface area contributed by atoms with Crippen LogP contribution in [0.5, 0.6) is 5.75 Å². The van der Waals surface area contributed by atoms with Crippen LogP contribution in [-0.2, 0) is 11.3 Å². The van der Waals surface area contributed by atoms with Gasteiger partial charge in [-0.2, -0.15) is 0 Å². The van der Waals surface area contributed by atoms with Gasteiger partial charge < -0.3 is 19.7 Å². The number of nitrogens with zero attached hydrogens (tertiary/aromatic N) is 3. The van der Waals surface area contributed by atoms with Crippen molar-refractivity contribution in [3.05, 3.63) is 62.8 Å². The number of carbonyl (C=O) groups excluding carboxylic acids is 3. The Morgan fingerprint density at radius 2 is 1.87 bits per heavy atom. The lowest BCUT2D eigenvalue weighted by Crippen LogP contribution is -2.57. The van der Waals surface area contributed by atoms with E-state index in [1.807, 2.05) is 13.8 Å². The number of nitrogens with one attached hydrogen (secondary N) is 1. The molecular weight excluding hydrogens is 505 g/mol. The number of ether oxygens (including phenoxy) is 1. The number of halogens is 3. The Bertz CT molecular complexity index is 1310. The van der Waals surface area contributed by atoms with Crippen molar-refractivity contribution < 1.29 is 32.3 Å². The topological polar surface area (TPSA) is 101 Å². The zero-order valence-corrected chi connectivity index (χ0v) is 21.3. The largest absolute Gasteiger partial charge is 0.487 e. The van der Waals surface area contributed by atoms with Gasteiger partial charge in [0.2, 0.25) is 5.43 Å². The summed E-state index contributed by atoms with van der Waals surface area (Å²) >= 11 is 0. The van der Waals surface area contributed by atoms with Crippen molar-refractivity contribution in [2.75, 3.05) is 18.3 Å². The first-order valence-electron chi connectivity index (χ1n) is 12.5. The average Bonchev–Trinajstić information content (AvgIpc) is 2.97. The second kappa shape index (κ2) is 10.9. The highest BCUT2D eigenvalue weighted by Crippen LogP contribution is 2.31. The highest BCUT2D eigenvalue weighted by atomic mass is 19.1. The number of unbranched alkanes of at least 4 members (excludes halogenated alkanes) is 1. The minimum atomic E-state index is -1.18. The van der Waals surface area contributed by atoms with Crippen molar-refractivity contribution in [1.29, 1.82) is 0 Å². The minimum absolute atomic E-state index is 0.0604. The van der Waals surface area contributed by atoms with Gasteiger partial charge in [0.15, 0.2) is 11.4 Å². The fourth-order valence-electron chi connectivity index (χ4n) is 4.80. The van der Waals surface area contributed by atoms with E-state index in [2.05, 4.69) is 5.32 Å². The van der Waals surface area contributed by atoms with Gasteiger partial charge in [-0.05, 0) is 26.7 Å². The van der Waals surface area contributed by atoms with E-state index < -0.39 is 64.3 Å². The van der Waals surface area contributed by atoms with Gasteiger partial charge >= 0.3 is 0 Å². The van der Waals surface area contributed by atoms with Crippen LogP contribution in [0, 0.1) is 23.4 Å². The molecule has 0 radical (unpaired) electrons. The van der Waals surface area contributed by atoms with Crippen LogP contribution in [0.3, 0.4) is 0 Å². The Labute approximate surface area is 217 Å².